The van der Waals surface area contributed by atoms with Crippen molar-refractivity contribution >= 4 is 23.7 Å². The molecule has 0 amide bonds. The van der Waals surface area contributed by atoms with Crippen molar-refractivity contribution in [1.29, 1.82) is 0 Å². The maximum Gasteiger partial charge on any atom is 0.150 e. The van der Waals surface area contributed by atoms with Crippen LogP contribution in [0.15, 0.2) is 12.1 Å². The van der Waals surface area contributed by atoms with Gasteiger partial charge in [-0.2, -0.15) is 0 Å². The molecule has 3 nitrogen and oxygen atoms in total. The molecular weight excluding hydrogens is 212 g/mol. The van der Waals surface area contributed by atoms with Crippen LogP contribution in [0, 0.1) is 0 Å². The van der Waals surface area contributed by atoms with E-state index in [0.717, 1.165) is 6.29 Å². The topological polar surface area (TPSA) is 42.0 Å². The number of pyridine rings is 1. The third-order valence-corrected chi connectivity index (χ3v) is 2.85. The highest BCUT2D eigenvalue weighted by molar-refractivity contribution is 6.29. The minimum Gasteiger partial charge on any atom is -0.367 e. The lowest BCUT2D eigenvalue weighted by atomic mass is 10.2. The number of rotatable bonds is 3. The number of aromatic nitrogens is 1. The molecular formula is C11H13ClN2O. The van der Waals surface area contributed by atoms with Crippen LogP contribution in [0.2, 0.25) is 5.15 Å². The predicted octanol–water partition coefficient (Wildman–Crippen LogP) is 2.90. The molecule has 0 bridgehead atoms. The normalized spacial score (nSPS) is 16.6. The summed E-state index contributed by atoms with van der Waals surface area (Å²) < 4.78 is 0. The summed E-state index contributed by atoms with van der Waals surface area (Å²) in [6, 6.07) is 3.78. The van der Waals surface area contributed by atoms with Gasteiger partial charge in [0.15, 0.2) is 0 Å². The molecule has 1 saturated carbocycles. The van der Waals surface area contributed by atoms with Gasteiger partial charge in [-0.15, -0.1) is 0 Å². The fourth-order valence-corrected chi connectivity index (χ4v) is 2.15. The average molecular weight is 225 g/mol. The molecule has 0 radical (unpaired) electrons. The van der Waals surface area contributed by atoms with Gasteiger partial charge in [-0.3, -0.25) is 4.79 Å². The minimum atomic E-state index is 0.361. The third-order valence-electron chi connectivity index (χ3n) is 2.66. The summed E-state index contributed by atoms with van der Waals surface area (Å²) in [5.41, 5.74) is 0.565. The number of hydrogen-bond acceptors (Lipinski definition) is 3. The number of aldehydes is 1. The maximum absolute atomic E-state index is 10.6. The minimum absolute atomic E-state index is 0.361. The Hall–Kier alpha value is -1.09. The van der Waals surface area contributed by atoms with Gasteiger partial charge in [-0.1, -0.05) is 24.4 Å². The Labute approximate surface area is 93.8 Å². The fourth-order valence-electron chi connectivity index (χ4n) is 1.94. The van der Waals surface area contributed by atoms with Crippen molar-refractivity contribution in [2.45, 2.75) is 31.7 Å². The zero-order chi connectivity index (χ0) is 10.7. The van der Waals surface area contributed by atoms with Crippen LogP contribution >= 0.6 is 11.6 Å². The highest BCUT2D eigenvalue weighted by atomic mass is 35.5. The molecule has 80 valence electrons. The van der Waals surface area contributed by atoms with Crippen LogP contribution in [0.3, 0.4) is 0 Å². The number of halogens is 1. The van der Waals surface area contributed by atoms with Crippen molar-refractivity contribution in [3.05, 3.63) is 22.8 Å². The van der Waals surface area contributed by atoms with Crippen molar-refractivity contribution in [3.63, 3.8) is 0 Å². The smallest absolute Gasteiger partial charge is 0.150 e. The highest BCUT2D eigenvalue weighted by Crippen LogP contribution is 2.22. The number of carbonyl (C=O) groups is 1. The molecule has 1 heterocycles. The summed E-state index contributed by atoms with van der Waals surface area (Å²) >= 11 is 5.80. The molecule has 0 aliphatic heterocycles. The number of carbonyl (C=O) groups excluding carboxylic acids is 1. The lowest BCUT2D eigenvalue weighted by molar-refractivity contribution is 0.112. The Kier molecular flexibility index (Phi) is 3.21. The van der Waals surface area contributed by atoms with Gasteiger partial charge in [0.1, 0.15) is 17.3 Å². The monoisotopic (exact) mass is 224 g/mol. The van der Waals surface area contributed by atoms with E-state index in [-0.39, 0.29) is 0 Å². The van der Waals surface area contributed by atoms with Crippen molar-refractivity contribution in [3.8, 4) is 0 Å². The zero-order valence-corrected chi connectivity index (χ0v) is 9.13. The Bertz CT molecular complexity index is 362. The number of hydrogen-bond donors (Lipinski definition) is 1. The Balaban J connectivity index is 2.12. The molecule has 0 saturated heterocycles. The van der Waals surface area contributed by atoms with E-state index in [1.54, 1.807) is 12.1 Å². The molecule has 0 atom stereocenters. The maximum atomic E-state index is 10.6. The Morgan fingerprint density at radius 1 is 1.40 bits per heavy atom. The van der Waals surface area contributed by atoms with E-state index in [1.807, 2.05) is 0 Å². The third kappa shape index (κ3) is 2.69. The molecule has 0 unspecified atom stereocenters. The van der Waals surface area contributed by atoms with E-state index >= 15 is 0 Å². The molecule has 1 aliphatic carbocycles. The predicted molar refractivity (Wildman–Crippen MR) is 60.5 cm³/mol. The molecule has 4 heteroatoms. The second kappa shape index (κ2) is 4.62. The van der Waals surface area contributed by atoms with E-state index < -0.39 is 0 Å². The first-order valence-corrected chi connectivity index (χ1v) is 5.55. The average Bonchev–Trinajstić information content (AvgIpc) is 2.69. The van der Waals surface area contributed by atoms with E-state index in [9.17, 15) is 4.79 Å². The van der Waals surface area contributed by atoms with E-state index in [1.165, 1.54) is 25.7 Å². The number of nitrogens with zero attached hydrogens (tertiary/aromatic N) is 1. The summed E-state index contributed by atoms with van der Waals surface area (Å²) in [5, 5.41) is 3.66. The molecule has 1 N–H and O–H groups in total. The van der Waals surface area contributed by atoms with Crippen LogP contribution in [0.5, 0.6) is 0 Å². The molecule has 2 rings (SSSR count). The van der Waals surface area contributed by atoms with Crippen LogP contribution in [-0.4, -0.2) is 17.3 Å². The summed E-state index contributed by atoms with van der Waals surface area (Å²) in [6.07, 6.45) is 5.65. The van der Waals surface area contributed by atoms with Crippen LogP contribution in [0.1, 0.15) is 36.0 Å². The molecule has 15 heavy (non-hydrogen) atoms. The first-order valence-electron chi connectivity index (χ1n) is 5.17. The lowest BCUT2D eigenvalue weighted by Crippen LogP contribution is -2.15. The first-order chi connectivity index (χ1) is 7.28. The second-order valence-electron chi connectivity index (χ2n) is 3.85. The number of anilines is 1. The summed E-state index contributed by atoms with van der Waals surface area (Å²) in [7, 11) is 0. The first kappa shape index (κ1) is 10.4. The highest BCUT2D eigenvalue weighted by Gasteiger charge is 2.15. The molecule has 0 spiro atoms. The van der Waals surface area contributed by atoms with Crippen molar-refractivity contribution in [1.82, 2.24) is 4.98 Å². The van der Waals surface area contributed by atoms with Gasteiger partial charge in [-0.05, 0) is 25.0 Å². The van der Waals surface area contributed by atoms with Crippen molar-refractivity contribution in [2.75, 3.05) is 5.32 Å². The van der Waals surface area contributed by atoms with Gasteiger partial charge in [0.25, 0.3) is 0 Å². The lowest BCUT2D eigenvalue weighted by Gasteiger charge is -2.12. The molecule has 1 fully saturated rings. The summed E-state index contributed by atoms with van der Waals surface area (Å²) in [6.45, 7) is 0. The largest absolute Gasteiger partial charge is 0.367 e. The van der Waals surface area contributed by atoms with Crippen molar-refractivity contribution < 1.29 is 4.79 Å². The molecule has 1 aliphatic rings. The Morgan fingerprint density at radius 2 is 2.13 bits per heavy atom. The van der Waals surface area contributed by atoms with E-state index in [2.05, 4.69) is 10.3 Å². The number of nitrogens with one attached hydrogen (secondary N) is 1. The van der Waals surface area contributed by atoms with Gasteiger partial charge < -0.3 is 5.32 Å². The zero-order valence-electron chi connectivity index (χ0n) is 8.37. The fraction of sp³-hybridized carbons (Fsp3) is 0.455. The Morgan fingerprint density at radius 3 is 2.80 bits per heavy atom. The molecule has 0 aromatic carbocycles. The summed E-state index contributed by atoms with van der Waals surface area (Å²) in [5.74, 6) is 0.705. The van der Waals surface area contributed by atoms with E-state index in [0.29, 0.717) is 22.6 Å². The van der Waals surface area contributed by atoms with Crippen LogP contribution in [0.4, 0.5) is 5.82 Å². The SMILES string of the molecule is O=Cc1cc(Cl)nc(NC2CCCC2)c1. The van der Waals surface area contributed by atoms with Gasteiger partial charge in [0.05, 0.1) is 0 Å². The molecule has 1 aromatic rings. The van der Waals surface area contributed by atoms with Crippen LogP contribution < -0.4 is 5.32 Å². The van der Waals surface area contributed by atoms with Gasteiger partial charge in [0, 0.05) is 11.6 Å². The van der Waals surface area contributed by atoms with Gasteiger partial charge in [-0.25, -0.2) is 4.98 Å². The van der Waals surface area contributed by atoms with Crippen LogP contribution in [0.25, 0.3) is 0 Å². The quantitative estimate of drug-likeness (QED) is 0.634. The molecule has 1 aromatic heterocycles. The summed E-state index contributed by atoms with van der Waals surface area (Å²) in [4.78, 5) is 14.8. The standard InChI is InChI=1S/C11H13ClN2O/c12-10-5-8(7-15)6-11(14-10)13-9-3-1-2-4-9/h5-7,9H,1-4H2,(H,13,14). The van der Waals surface area contributed by atoms with E-state index in [4.69, 9.17) is 11.6 Å². The van der Waals surface area contributed by atoms with Crippen LogP contribution in [-0.2, 0) is 0 Å². The van der Waals surface area contributed by atoms with Gasteiger partial charge >= 0.3 is 0 Å². The van der Waals surface area contributed by atoms with Gasteiger partial charge in [0.2, 0.25) is 0 Å². The second-order valence-corrected chi connectivity index (χ2v) is 4.24. The van der Waals surface area contributed by atoms with Crippen molar-refractivity contribution in [2.24, 2.45) is 0 Å².